The Hall–Kier alpha value is -1.88. The van der Waals surface area contributed by atoms with Gasteiger partial charge in [-0.1, -0.05) is 30.3 Å². The Kier molecular flexibility index (Phi) is 6.88. The summed E-state index contributed by atoms with van der Waals surface area (Å²) in [7, 11) is 0. The van der Waals surface area contributed by atoms with Crippen LogP contribution in [0.2, 0.25) is 0 Å². The molecule has 0 saturated carbocycles. The molecule has 21 heavy (non-hydrogen) atoms. The van der Waals surface area contributed by atoms with Gasteiger partial charge in [0.05, 0.1) is 18.6 Å². The van der Waals surface area contributed by atoms with E-state index in [2.05, 4.69) is 5.32 Å². The zero-order valence-corrected chi connectivity index (χ0v) is 12.8. The molecule has 5 nitrogen and oxygen atoms in total. The molecule has 0 aliphatic rings. The van der Waals surface area contributed by atoms with Crippen LogP contribution in [0.5, 0.6) is 0 Å². The third-order valence-electron chi connectivity index (χ3n) is 2.78. The highest BCUT2D eigenvalue weighted by molar-refractivity contribution is 5.78. The number of rotatable bonds is 7. The van der Waals surface area contributed by atoms with Crippen LogP contribution in [0.25, 0.3) is 0 Å². The number of hydrogen-bond donors (Lipinski definition) is 2. The van der Waals surface area contributed by atoms with Crippen molar-refractivity contribution in [3.8, 4) is 0 Å². The van der Waals surface area contributed by atoms with Crippen LogP contribution in [-0.2, 0) is 14.3 Å². The fraction of sp³-hybridized carbons (Fsp3) is 0.500. The van der Waals surface area contributed by atoms with Crippen molar-refractivity contribution in [2.45, 2.75) is 51.8 Å². The van der Waals surface area contributed by atoms with Gasteiger partial charge < -0.3 is 15.8 Å². The van der Waals surface area contributed by atoms with Gasteiger partial charge in [0.15, 0.2) is 0 Å². The van der Waals surface area contributed by atoms with Crippen LogP contribution < -0.4 is 11.1 Å². The predicted octanol–water partition coefficient (Wildman–Crippen LogP) is 1.92. The minimum Gasteiger partial charge on any atom is -0.463 e. The first-order chi connectivity index (χ1) is 9.88. The number of amides is 1. The van der Waals surface area contributed by atoms with Crippen molar-refractivity contribution in [2.24, 2.45) is 5.73 Å². The molecule has 2 atom stereocenters. The van der Waals surface area contributed by atoms with Crippen molar-refractivity contribution in [1.29, 1.82) is 0 Å². The second-order valence-electron chi connectivity index (χ2n) is 5.45. The molecule has 0 heterocycles. The topological polar surface area (TPSA) is 81.4 Å². The number of benzene rings is 1. The highest BCUT2D eigenvalue weighted by Crippen LogP contribution is 2.18. The number of nitrogens with one attached hydrogen (secondary N) is 1. The summed E-state index contributed by atoms with van der Waals surface area (Å²) >= 11 is 0. The van der Waals surface area contributed by atoms with E-state index in [0.717, 1.165) is 5.56 Å². The lowest BCUT2D eigenvalue weighted by Gasteiger charge is -2.20. The van der Waals surface area contributed by atoms with Crippen molar-refractivity contribution in [2.75, 3.05) is 0 Å². The molecule has 0 fully saturated rings. The quantitative estimate of drug-likeness (QED) is 0.752. The first-order valence-corrected chi connectivity index (χ1v) is 7.18. The maximum Gasteiger partial charge on any atom is 0.308 e. The van der Waals surface area contributed by atoms with Gasteiger partial charge in [0.2, 0.25) is 5.91 Å². The van der Waals surface area contributed by atoms with Crippen LogP contribution in [0.1, 0.15) is 45.2 Å². The molecule has 3 N–H and O–H groups in total. The highest BCUT2D eigenvalue weighted by Gasteiger charge is 2.20. The molecule has 0 aliphatic heterocycles. The lowest BCUT2D eigenvalue weighted by molar-refractivity contribution is -0.148. The number of ether oxygens (including phenoxy) is 1. The van der Waals surface area contributed by atoms with Gasteiger partial charge in [-0.2, -0.15) is 0 Å². The lowest BCUT2D eigenvalue weighted by atomic mass is 10.0. The molecule has 0 saturated heterocycles. The molecule has 1 aromatic rings. The standard InChI is InChI=1S/C16H24N2O3/c1-11(2)21-16(20)10-14(13-7-5-4-6-8-13)18-15(19)9-12(3)17/h4-8,11-12,14H,9-10,17H2,1-3H3,(H,18,19). The molecule has 116 valence electrons. The second-order valence-corrected chi connectivity index (χ2v) is 5.45. The summed E-state index contributed by atoms with van der Waals surface area (Å²) in [5.41, 5.74) is 6.49. The van der Waals surface area contributed by atoms with Gasteiger partial charge in [-0.15, -0.1) is 0 Å². The number of carbonyl (C=O) groups excluding carboxylic acids is 2. The second kappa shape index (κ2) is 8.42. The summed E-state index contributed by atoms with van der Waals surface area (Å²) < 4.78 is 5.15. The van der Waals surface area contributed by atoms with E-state index in [4.69, 9.17) is 10.5 Å². The van der Waals surface area contributed by atoms with Gasteiger partial charge in [-0.05, 0) is 26.3 Å². The molecule has 0 bridgehead atoms. The largest absolute Gasteiger partial charge is 0.463 e. The molecule has 0 aliphatic carbocycles. The van der Waals surface area contributed by atoms with Gasteiger partial charge >= 0.3 is 5.97 Å². The van der Waals surface area contributed by atoms with E-state index in [1.807, 2.05) is 30.3 Å². The maximum atomic E-state index is 11.9. The van der Waals surface area contributed by atoms with Crippen molar-refractivity contribution >= 4 is 11.9 Å². The monoisotopic (exact) mass is 292 g/mol. The molecule has 1 amide bonds. The minimum absolute atomic E-state index is 0.104. The summed E-state index contributed by atoms with van der Waals surface area (Å²) in [6.07, 6.45) is 0.156. The smallest absolute Gasteiger partial charge is 0.308 e. The first kappa shape index (κ1) is 17.2. The van der Waals surface area contributed by atoms with Gasteiger partial charge in [0.1, 0.15) is 0 Å². The van der Waals surface area contributed by atoms with Gasteiger partial charge in [-0.25, -0.2) is 0 Å². The number of hydrogen-bond acceptors (Lipinski definition) is 4. The average molecular weight is 292 g/mol. The molecule has 0 spiro atoms. The number of nitrogens with two attached hydrogens (primary N) is 1. The summed E-state index contributed by atoms with van der Waals surface area (Å²) in [6, 6.07) is 8.75. The van der Waals surface area contributed by atoms with E-state index >= 15 is 0 Å². The minimum atomic E-state index is -0.399. The van der Waals surface area contributed by atoms with Gasteiger partial charge in [0.25, 0.3) is 0 Å². The maximum absolute atomic E-state index is 11.9. The van der Waals surface area contributed by atoms with Crippen LogP contribution >= 0.6 is 0 Å². The fourth-order valence-corrected chi connectivity index (χ4v) is 1.96. The van der Waals surface area contributed by atoms with Gasteiger partial charge in [-0.3, -0.25) is 9.59 Å². The van der Waals surface area contributed by atoms with Crippen LogP contribution in [0, 0.1) is 0 Å². The molecule has 2 unspecified atom stereocenters. The van der Waals surface area contributed by atoms with Crippen LogP contribution in [0.3, 0.4) is 0 Å². The Morgan fingerprint density at radius 2 is 1.76 bits per heavy atom. The molecular formula is C16H24N2O3. The van der Waals surface area contributed by atoms with Crippen LogP contribution in [0.4, 0.5) is 0 Å². The Balaban J connectivity index is 2.76. The SMILES string of the molecule is CC(N)CC(=O)NC(CC(=O)OC(C)C)c1ccccc1. The summed E-state index contributed by atoms with van der Waals surface area (Å²) in [5.74, 6) is -0.504. The molecule has 1 aromatic carbocycles. The average Bonchev–Trinajstić information content (AvgIpc) is 2.37. The lowest BCUT2D eigenvalue weighted by Crippen LogP contribution is -2.34. The van der Waals surface area contributed by atoms with Crippen molar-refractivity contribution in [3.05, 3.63) is 35.9 Å². The highest BCUT2D eigenvalue weighted by atomic mass is 16.5. The third kappa shape index (κ3) is 6.90. The Morgan fingerprint density at radius 1 is 1.14 bits per heavy atom. The van der Waals surface area contributed by atoms with E-state index in [0.29, 0.717) is 0 Å². The molecule has 1 rings (SSSR count). The molecule has 0 radical (unpaired) electrons. The van der Waals surface area contributed by atoms with E-state index in [1.54, 1.807) is 20.8 Å². The summed E-state index contributed by atoms with van der Waals surface area (Å²) in [6.45, 7) is 5.36. The fourth-order valence-electron chi connectivity index (χ4n) is 1.96. The van der Waals surface area contributed by atoms with Crippen LogP contribution in [0.15, 0.2) is 30.3 Å². The number of esters is 1. The summed E-state index contributed by atoms with van der Waals surface area (Å²) in [4.78, 5) is 23.7. The molecule has 0 aromatic heterocycles. The van der Waals surface area contributed by atoms with Crippen LogP contribution in [-0.4, -0.2) is 24.0 Å². The van der Waals surface area contributed by atoms with Crippen molar-refractivity contribution in [3.63, 3.8) is 0 Å². The van der Waals surface area contributed by atoms with Gasteiger partial charge in [0, 0.05) is 12.5 Å². The Morgan fingerprint density at radius 3 is 2.29 bits per heavy atom. The predicted molar refractivity (Wildman–Crippen MR) is 81.4 cm³/mol. The van der Waals surface area contributed by atoms with E-state index in [1.165, 1.54) is 0 Å². The Labute approximate surface area is 125 Å². The van der Waals surface area contributed by atoms with E-state index < -0.39 is 6.04 Å². The molecule has 5 heteroatoms. The van der Waals surface area contributed by atoms with E-state index in [-0.39, 0.29) is 36.9 Å². The van der Waals surface area contributed by atoms with Crippen molar-refractivity contribution in [1.82, 2.24) is 5.32 Å². The van der Waals surface area contributed by atoms with E-state index in [9.17, 15) is 9.59 Å². The zero-order chi connectivity index (χ0) is 15.8. The Bertz CT molecular complexity index is 434. The third-order valence-corrected chi connectivity index (χ3v) is 2.78. The van der Waals surface area contributed by atoms with Crippen molar-refractivity contribution < 1.29 is 14.3 Å². The summed E-state index contributed by atoms with van der Waals surface area (Å²) in [5, 5.41) is 2.85. The molecular weight excluding hydrogens is 268 g/mol. The zero-order valence-electron chi connectivity index (χ0n) is 12.8. The normalized spacial score (nSPS) is 13.6. The first-order valence-electron chi connectivity index (χ1n) is 7.18. The number of carbonyl (C=O) groups is 2.